The fraction of sp³-hybridized carbons (Fsp3) is 0.381. The number of ether oxygens (including phenoxy) is 1. The Morgan fingerprint density at radius 2 is 1.65 bits per heavy atom. The summed E-state index contributed by atoms with van der Waals surface area (Å²) < 4.78 is 6.04. The zero-order valence-electron chi connectivity index (χ0n) is 14.4. The molecule has 0 spiro atoms. The normalized spacial score (nSPS) is 24.2. The van der Waals surface area contributed by atoms with Crippen molar-refractivity contribution < 1.29 is 9.53 Å². The van der Waals surface area contributed by atoms with Crippen LogP contribution in [0.15, 0.2) is 48.5 Å². The summed E-state index contributed by atoms with van der Waals surface area (Å²) in [5.74, 6) is 0.0649. The average Bonchev–Trinajstić information content (AvgIpc) is 3.16. The molecule has 0 N–H and O–H groups in total. The van der Waals surface area contributed by atoms with Crippen LogP contribution >= 0.6 is 23.2 Å². The molecular formula is C21H21Cl2NO2. The maximum absolute atomic E-state index is 12.8. The summed E-state index contributed by atoms with van der Waals surface area (Å²) in [6, 6.07) is 15.6. The molecule has 0 radical (unpaired) electrons. The van der Waals surface area contributed by atoms with Gasteiger partial charge in [-0.05, 0) is 48.2 Å². The fourth-order valence-electron chi connectivity index (χ4n) is 4.20. The van der Waals surface area contributed by atoms with Crippen molar-refractivity contribution in [2.24, 2.45) is 0 Å². The van der Waals surface area contributed by atoms with Gasteiger partial charge in [-0.2, -0.15) is 0 Å². The van der Waals surface area contributed by atoms with Crippen LogP contribution < -0.4 is 0 Å². The Balaban J connectivity index is 1.78. The van der Waals surface area contributed by atoms with Gasteiger partial charge < -0.3 is 9.64 Å². The van der Waals surface area contributed by atoms with E-state index in [9.17, 15) is 4.79 Å². The molecule has 3 nitrogen and oxygen atoms in total. The van der Waals surface area contributed by atoms with Crippen molar-refractivity contribution in [3.63, 3.8) is 0 Å². The van der Waals surface area contributed by atoms with Gasteiger partial charge in [-0.25, -0.2) is 0 Å². The second-order valence-corrected chi connectivity index (χ2v) is 7.90. The molecule has 0 unspecified atom stereocenters. The first-order valence-electron chi connectivity index (χ1n) is 9.07. The Bertz CT molecular complexity index is 787. The minimum atomic E-state index is -0.242. The zero-order valence-corrected chi connectivity index (χ0v) is 15.9. The minimum absolute atomic E-state index is 0.0649. The van der Waals surface area contributed by atoms with Crippen molar-refractivity contribution in [2.45, 2.75) is 43.9 Å². The lowest BCUT2D eigenvalue weighted by Gasteiger charge is -2.44. The van der Waals surface area contributed by atoms with Gasteiger partial charge in [0, 0.05) is 16.1 Å². The number of nitrogens with zero attached hydrogens (tertiary/aromatic N) is 1. The molecule has 0 aromatic heterocycles. The van der Waals surface area contributed by atoms with Gasteiger partial charge >= 0.3 is 0 Å². The van der Waals surface area contributed by atoms with E-state index in [1.54, 1.807) is 0 Å². The van der Waals surface area contributed by atoms with Gasteiger partial charge in [-0.3, -0.25) is 4.79 Å². The van der Waals surface area contributed by atoms with Crippen LogP contribution in [-0.2, 0) is 9.53 Å². The van der Waals surface area contributed by atoms with E-state index in [1.165, 1.54) is 12.8 Å². The van der Waals surface area contributed by atoms with Gasteiger partial charge in [0.05, 0.1) is 6.04 Å². The summed E-state index contributed by atoms with van der Waals surface area (Å²) in [7, 11) is 0. The van der Waals surface area contributed by atoms with Crippen molar-refractivity contribution in [1.82, 2.24) is 4.90 Å². The standard InChI is InChI=1S/C21H21Cl2NO2/c22-16-10-8-14(9-11-16)20-21(15-4-3-5-17(23)12-15)26-13-19(25)24(20)18-6-1-2-7-18/h3-5,8-12,18,20-21H,1-2,6-7,13H2/t20-,21+/m0/s1. The number of morpholine rings is 1. The minimum Gasteiger partial charge on any atom is -0.361 e. The SMILES string of the molecule is O=C1CO[C@H](c2cccc(Cl)c2)[C@H](c2ccc(Cl)cc2)N1C1CCCC1. The molecule has 1 saturated carbocycles. The predicted molar refractivity (Wildman–Crippen MR) is 103 cm³/mol. The Hall–Kier alpha value is -1.55. The fourth-order valence-corrected chi connectivity index (χ4v) is 4.52. The summed E-state index contributed by atoms with van der Waals surface area (Å²) in [6.45, 7) is 0.109. The summed E-state index contributed by atoms with van der Waals surface area (Å²) in [5.41, 5.74) is 2.03. The number of hydrogen-bond donors (Lipinski definition) is 0. The molecule has 2 aromatic rings. The van der Waals surface area contributed by atoms with Gasteiger partial charge in [0.1, 0.15) is 12.7 Å². The van der Waals surface area contributed by atoms with Crippen LogP contribution in [0.4, 0.5) is 0 Å². The molecule has 26 heavy (non-hydrogen) atoms. The number of hydrogen-bond acceptors (Lipinski definition) is 2. The van der Waals surface area contributed by atoms with E-state index >= 15 is 0 Å². The maximum atomic E-state index is 12.8. The molecule has 1 amide bonds. The van der Waals surface area contributed by atoms with E-state index < -0.39 is 0 Å². The number of benzene rings is 2. The lowest BCUT2D eigenvalue weighted by atomic mass is 9.91. The van der Waals surface area contributed by atoms with E-state index in [0.29, 0.717) is 10.0 Å². The summed E-state index contributed by atoms with van der Waals surface area (Å²) in [6.07, 6.45) is 4.21. The van der Waals surface area contributed by atoms with Crippen molar-refractivity contribution in [1.29, 1.82) is 0 Å². The molecule has 2 aromatic carbocycles. The molecule has 1 aliphatic heterocycles. The third kappa shape index (κ3) is 3.48. The van der Waals surface area contributed by atoms with E-state index in [-0.39, 0.29) is 30.7 Å². The number of rotatable bonds is 3. The summed E-state index contributed by atoms with van der Waals surface area (Å²) in [5, 5.41) is 1.36. The second-order valence-electron chi connectivity index (χ2n) is 7.02. The third-order valence-corrected chi connectivity index (χ3v) is 5.85. The maximum Gasteiger partial charge on any atom is 0.249 e. The number of carbonyl (C=O) groups is 1. The van der Waals surface area contributed by atoms with E-state index in [2.05, 4.69) is 4.90 Å². The first-order valence-corrected chi connectivity index (χ1v) is 9.83. The molecule has 4 rings (SSSR count). The highest BCUT2D eigenvalue weighted by Gasteiger charge is 2.42. The third-order valence-electron chi connectivity index (χ3n) is 5.37. The smallest absolute Gasteiger partial charge is 0.249 e. The van der Waals surface area contributed by atoms with Gasteiger partial charge in [0.2, 0.25) is 5.91 Å². The Morgan fingerprint density at radius 1 is 0.923 bits per heavy atom. The zero-order chi connectivity index (χ0) is 18.1. The highest BCUT2D eigenvalue weighted by molar-refractivity contribution is 6.30. The van der Waals surface area contributed by atoms with Crippen LogP contribution in [0.25, 0.3) is 0 Å². The highest BCUT2D eigenvalue weighted by Crippen LogP contribution is 2.44. The van der Waals surface area contributed by atoms with Crippen LogP contribution in [0.3, 0.4) is 0 Å². The Kier molecular flexibility index (Phi) is 5.21. The van der Waals surface area contributed by atoms with Crippen LogP contribution in [0.5, 0.6) is 0 Å². The topological polar surface area (TPSA) is 29.5 Å². The Labute approximate surface area is 163 Å². The highest BCUT2D eigenvalue weighted by atomic mass is 35.5. The average molecular weight is 390 g/mol. The van der Waals surface area contributed by atoms with Crippen LogP contribution in [0, 0.1) is 0 Å². The number of carbonyl (C=O) groups excluding carboxylic acids is 1. The van der Waals surface area contributed by atoms with Gasteiger partial charge in [0.15, 0.2) is 0 Å². The van der Waals surface area contributed by atoms with E-state index in [1.807, 2.05) is 48.5 Å². The molecule has 0 bridgehead atoms. The first-order chi connectivity index (χ1) is 12.6. The van der Waals surface area contributed by atoms with Crippen molar-refractivity contribution >= 4 is 29.1 Å². The monoisotopic (exact) mass is 389 g/mol. The van der Waals surface area contributed by atoms with Crippen molar-refractivity contribution in [3.05, 3.63) is 69.7 Å². The molecule has 1 aliphatic carbocycles. The van der Waals surface area contributed by atoms with Crippen LogP contribution in [0.2, 0.25) is 10.0 Å². The molecule has 1 heterocycles. The lowest BCUT2D eigenvalue weighted by molar-refractivity contribution is -0.163. The largest absolute Gasteiger partial charge is 0.361 e. The van der Waals surface area contributed by atoms with Gasteiger partial charge in [0.25, 0.3) is 0 Å². The first kappa shape index (κ1) is 17.8. The van der Waals surface area contributed by atoms with E-state index in [0.717, 1.165) is 24.0 Å². The van der Waals surface area contributed by atoms with Crippen molar-refractivity contribution in [2.75, 3.05) is 6.61 Å². The number of amides is 1. The van der Waals surface area contributed by atoms with Crippen molar-refractivity contribution in [3.8, 4) is 0 Å². The molecule has 2 atom stereocenters. The molecule has 1 saturated heterocycles. The summed E-state index contributed by atoms with van der Waals surface area (Å²) in [4.78, 5) is 14.9. The molecular weight excluding hydrogens is 369 g/mol. The van der Waals surface area contributed by atoms with Gasteiger partial charge in [-0.1, -0.05) is 60.3 Å². The Morgan fingerprint density at radius 3 is 2.35 bits per heavy atom. The van der Waals surface area contributed by atoms with E-state index in [4.69, 9.17) is 27.9 Å². The van der Waals surface area contributed by atoms with Crippen LogP contribution in [-0.4, -0.2) is 23.5 Å². The molecule has 2 aliphatic rings. The predicted octanol–water partition coefficient (Wildman–Crippen LogP) is 5.58. The molecule has 2 fully saturated rings. The lowest BCUT2D eigenvalue weighted by Crippen LogP contribution is -2.50. The van der Waals surface area contributed by atoms with Gasteiger partial charge in [-0.15, -0.1) is 0 Å². The van der Waals surface area contributed by atoms with Crippen LogP contribution in [0.1, 0.15) is 49.0 Å². The summed E-state index contributed by atoms with van der Waals surface area (Å²) >= 11 is 12.3. The number of halogens is 2. The quantitative estimate of drug-likeness (QED) is 0.685. The second kappa shape index (κ2) is 7.59. The molecule has 5 heteroatoms. The molecule has 136 valence electrons.